The number of hydrogen-bond donors (Lipinski definition) is 0. The highest BCUT2D eigenvalue weighted by Crippen LogP contribution is 2.56. The van der Waals surface area contributed by atoms with Gasteiger partial charge in [0.15, 0.2) is 17.5 Å². The zero-order chi connectivity index (χ0) is 50.3. The second-order valence-corrected chi connectivity index (χ2v) is 24.0. The highest BCUT2D eigenvalue weighted by Gasteiger charge is 2.42. The number of aromatic nitrogens is 3. The number of hydrogen-bond acceptors (Lipinski definition) is 3. The first-order chi connectivity index (χ1) is 36.3. The molecule has 16 rings (SSSR count). The van der Waals surface area contributed by atoms with E-state index in [1.165, 1.54) is 127 Å². The summed E-state index contributed by atoms with van der Waals surface area (Å²) in [6.07, 6.45) is 16.4. The number of benzene rings is 9. The van der Waals surface area contributed by atoms with Crippen molar-refractivity contribution in [3.05, 3.63) is 238 Å². The number of rotatable bonds is 3. The van der Waals surface area contributed by atoms with Crippen LogP contribution in [0.5, 0.6) is 0 Å². The van der Waals surface area contributed by atoms with Crippen LogP contribution in [-0.4, -0.2) is 15.0 Å². The van der Waals surface area contributed by atoms with E-state index in [0.29, 0.717) is 29.3 Å². The molecule has 2 unspecified atom stereocenters. The molecule has 0 N–H and O–H groups in total. The third kappa shape index (κ3) is 6.19. The zero-order valence-electron chi connectivity index (χ0n) is 43.3. The third-order valence-electron chi connectivity index (χ3n) is 18.7. The Kier molecular flexibility index (Phi) is 8.60. The summed E-state index contributed by atoms with van der Waals surface area (Å²) in [7, 11) is 0. The summed E-state index contributed by atoms with van der Waals surface area (Å²) in [5.41, 5.74) is 21.4. The van der Waals surface area contributed by atoms with Gasteiger partial charge < -0.3 is 0 Å². The van der Waals surface area contributed by atoms with Gasteiger partial charge in [-0.25, -0.2) is 15.0 Å². The third-order valence-corrected chi connectivity index (χ3v) is 18.7. The molecule has 6 aliphatic rings. The molecule has 0 aliphatic heterocycles. The van der Waals surface area contributed by atoms with Crippen molar-refractivity contribution in [1.82, 2.24) is 15.0 Å². The Balaban J connectivity index is 0.834. The first-order valence-electron chi connectivity index (χ1n) is 27.0. The summed E-state index contributed by atoms with van der Waals surface area (Å²) in [6.45, 7) is 14.3. The lowest BCUT2D eigenvalue weighted by molar-refractivity contribution is 0.496. The average Bonchev–Trinajstić information content (AvgIpc) is 3.98. The van der Waals surface area contributed by atoms with Crippen LogP contribution in [0.4, 0.5) is 0 Å². The molecule has 0 fully saturated rings. The van der Waals surface area contributed by atoms with Gasteiger partial charge in [0.2, 0.25) is 0 Å². The standard InChI is InChI=1S/C72H55N3/c1-70(2)61-34-46(19-22-55(61)58-31-49-25-40-13-7-10-16-43(40)28-52(49)37-64(58)70)67-73-68(47-20-23-56-59-32-50-26-41-14-8-11-17-44(41)29-53(50)38-65(59)71(3,4)62(56)35-47)75-69(74-67)48-21-24-57-60-33-51-27-42-15-9-12-18-45(42)30-54(51)39-66(60)72(5,6)63(57)36-48/h7-26,28-32,34-39,42,51H,27,33H2,1-6H3. The summed E-state index contributed by atoms with van der Waals surface area (Å²) in [6, 6.07) is 57.3. The van der Waals surface area contributed by atoms with Crippen LogP contribution >= 0.6 is 0 Å². The maximum absolute atomic E-state index is 5.48. The van der Waals surface area contributed by atoms with Crippen LogP contribution in [0.25, 0.3) is 105 Å². The van der Waals surface area contributed by atoms with Crippen molar-refractivity contribution in [2.75, 3.05) is 0 Å². The van der Waals surface area contributed by atoms with Gasteiger partial charge in [0.25, 0.3) is 0 Å². The van der Waals surface area contributed by atoms with Gasteiger partial charge in [-0.3, -0.25) is 0 Å². The van der Waals surface area contributed by atoms with E-state index in [9.17, 15) is 0 Å². The highest BCUT2D eigenvalue weighted by molar-refractivity contribution is 6.04. The van der Waals surface area contributed by atoms with Gasteiger partial charge in [0.1, 0.15) is 0 Å². The summed E-state index contributed by atoms with van der Waals surface area (Å²) in [5.74, 6) is 3.10. The molecule has 9 aromatic carbocycles. The lowest BCUT2D eigenvalue weighted by Crippen LogP contribution is -2.22. The average molecular weight is 962 g/mol. The van der Waals surface area contributed by atoms with Crippen LogP contribution in [0, 0.1) is 11.8 Å². The second kappa shape index (κ2) is 14.9. The van der Waals surface area contributed by atoms with E-state index in [2.05, 4.69) is 230 Å². The molecule has 10 aromatic rings. The SMILES string of the molecule is CC1(C)C2=C(CC3CC4C=CC=CC4=CC3=C2)c2ccc(-c3nc(-c4ccc5c(c4)C(C)(C)c4cc6cc7ccccc7cc6cc4-5)nc(-c4ccc5c(c4)C(C)(C)c4cc6cc7ccccc7cc6cc4-5)n3)cc21. The van der Waals surface area contributed by atoms with Gasteiger partial charge in [-0.15, -0.1) is 0 Å². The lowest BCUT2D eigenvalue weighted by Gasteiger charge is -2.35. The Bertz CT molecular complexity index is 4240. The number of nitrogens with zero attached hydrogens (tertiary/aromatic N) is 3. The Morgan fingerprint density at radius 2 is 0.827 bits per heavy atom. The summed E-state index contributed by atoms with van der Waals surface area (Å²) in [5, 5.41) is 10.1. The zero-order valence-corrected chi connectivity index (χ0v) is 43.3. The highest BCUT2D eigenvalue weighted by atomic mass is 15.0. The van der Waals surface area contributed by atoms with Gasteiger partial charge in [-0.1, -0.05) is 163 Å². The van der Waals surface area contributed by atoms with Crippen molar-refractivity contribution < 1.29 is 0 Å². The fourth-order valence-electron chi connectivity index (χ4n) is 14.5. The van der Waals surface area contributed by atoms with E-state index >= 15 is 0 Å². The van der Waals surface area contributed by atoms with Crippen molar-refractivity contribution in [3.8, 4) is 56.4 Å². The predicted molar refractivity (Wildman–Crippen MR) is 312 cm³/mol. The molecule has 3 heteroatoms. The molecule has 1 aromatic heterocycles. The molecular weight excluding hydrogens is 907 g/mol. The fraction of sp³-hybridized carbons (Fsp3) is 0.181. The molecule has 0 spiro atoms. The molecule has 1 heterocycles. The largest absolute Gasteiger partial charge is 0.208 e. The van der Waals surface area contributed by atoms with Crippen molar-refractivity contribution in [2.45, 2.75) is 70.6 Å². The Labute approximate surface area is 438 Å². The van der Waals surface area contributed by atoms with Gasteiger partial charge in [-0.05, 0) is 207 Å². The van der Waals surface area contributed by atoms with E-state index in [4.69, 9.17) is 15.0 Å². The normalized spacial score (nSPS) is 19.5. The summed E-state index contributed by atoms with van der Waals surface area (Å²) < 4.78 is 0. The number of fused-ring (bicyclic) bond motifs is 14. The molecule has 0 radical (unpaired) electrons. The first kappa shape index (κ1) is 43.2. The van der Waals surface area contributed by atoms with E-state index in [-0.39, 0.29) is 16.2 Å². The minimum Gasteiger partial charge on any atom is -0.208 e. The molecule has 3 nitrogen and oxygen atoms in total. The lowest BCUT2D eigenvalue weighted by atomic mass is 9.69. The Morgan fingerprint density at radius 1 is 0.387 bits per heavy atom. The molecule has 0 saturated heterocycles. The molecule has 6 aliphatic carbocycles. The predicted octanol–water partition coefficient (Wildman–Crippen LogP) is 18.2. The maximum atomic E-state index is 5.48. The molecule has 0 saturated carbocycles. The molecule has 2 atom stereocenters. The minimum absolute atomic E-state index is 0.175. The number of allylic oxidation sites excluding steroid dienone is 10. The van der Waals surface area contributed by atoms with Gasteiger partial charge in [0, 0.05) is 38.9 Å². The van der Waals surface area contributed by atoms with E-state index < -0.39 is 0 Å². The van der Waals surface area contributed by atoms with Crippen LogP contribution in [0.2, 0.25) is 0 Å². The Hall–Kier alpha value is -8.27. The topological polar surface area (TPSA) is 38.7 Å². The van der Waals surface area contributed by atoms with E-state index in [1.54, 1.807) is 0 Å². The Morgan fingerprint density at radius 3 is 1.32 bits per heavy atom. The summed E-state index contributed by atoms with van der Waals surface area (Å²) >= 11 is 0. The second-order valence-electron chi connectivity index (χ2n) is 24.0. The van der Waals surface area contributed by atoms with Crippen molar-refractivity contribution in [1.29, 1.82) is 0 Å². The molecular formula is C72H55N3. The summed E-state index contributed by atoms with van der Waals surface area (Å²) in [4.78, 5) is 16.4. The molecule has 75 heavy (non-hydrogen) atoms. The monoisotopic (exact) mass is 961 g/mol. The van der Waals surface area contributed by atoms with Crippen molar-refractivity contribution in [3.63, 3.8) is 0 Å². The minimum atomic E-state index is -0.232. The van der Waals surface area contributed by atoms with Crippen LogP contribution in [0.15, 0.2) is 205 Å². The molecule has 358 valence electrons. The van der Waals surface area contributed by atoms with Crippen LogP contribution in [0.1, 0.15) is 87.8 Å². The molecule has 0 amide bonds. The van der Waals surface area contributed by atoms with Gasteiger partial charge in [0.05, 0.1) is 0 Å². The maximum Gasteiger partial charge on any atom is 0.164 e. The smallest absolute Gasteiger partial charge is 0.164 e. The van der Waals surface area contributed by atoms with Crippen LogP contribution in [0.3, 0.4) is 0 Å². The van der Waals surface area contributed by atoms with Crippen molar-refractivity contribution in [2.24, 2.45) is 11.8 Å². The first-order valence-corrected chi connectivity index (χ1v) is 27.0. The van der Waals surface area contributed by atoms with Crippen molar-refractivity contribution >= 4 is 48.7 Å². The molecule has 0 bridgehead atoms. The van der Waals surface area contributed by atoms with E-state index in [0.717, 1.165) is 23.1 Å². The van der Waals surface area contributed by atoms with Crippen LogP contribution in [-0.2, 0) is 16.2 Å². The van der Waals surface area contributed by atoms with Gasteiger partial charge >= 0.3 is 0 Å². The van der Waals surface area contributed by atoms with E-state index in [1.807, 2.05) is 0 Å². The van der Waals surface area contributed by atoms with Crippen LogP contribution < -0.4 is 0 Å². The van der Waals surface area contributed by atoms with Gasteiger partial charge in [-0.2, -0.15) is 0 Å². The quantitative estimate of drug-likeness (QED) is 0.166. The fourth-order valence-corrected chi connectivity index (χ4v) is 14.5.